The third kappa shape index (κ3) is 17.2. The van der Waals surface area contributed by atoms with Crippen molar-refractivity contribution in [1.29, 1.82) is 0 Å². The van der Waals surface area contributed by atoms with Gasteiger partial charge in [0.1, 0.15) is 78.6 Å². The monoisotopic (exact) mass is 1030 g/mol. The maximum Gasteiger partial charge on any atom is 0.186 e. The quantitative estimate of drug-likeness (QED) is 0.0193. The molecule has 3 saturated heterocycles. The van der Waals surface area contributed by atoms with Gasteiger partial charge in [-0.25, -0.2) is 0 Å². The molecule has 19 atom stereocenters. The number of rotatable bonds is 30. The number of nitrogens with zero attached hydrogens (tertiary/aromatic N) is 1. The summed E-state index contributed by atoms with van der Waals surface area (Å²) in [6.07, 6.45) is -18.2. The zero-order chi connectivity index (χ0) is 49.1. The van der Waals surface area contributed by atoms with Crippen LogP contribution in [-0.2, 0) is 42.6 Å². The van der Waals surface area contributed by atoms with Crippen molar-refractivity contribution < 1.29 is 98.8 Å². The second kappa shape index (κ2) is 30.7. The van der Waals surface area contributed by atoms with Crippen LogP contribution in [0.25, 0.3) is 0 Å². The molecule has 1 aliphatic carbocycles. The number of aliphatic hydroxyl groups excluding tert-OH is 10. The van der Waals surface area contributed by atoms with Crippen LogP contribution in [0.5, 0.6) is 0 Å². The molecule has 0 bridgehead atoms. The molecule has 394 valence electrons. The average Bonchev–Trinajstić information content (AvgIpc) is 3.31. The van der Waals surface area contributed by atoms with Gasteiger partial charge in [-0.3, -0.25) is 4.99 Å². The van der Waals surface area contributed by atoms with E-state index in [0.29, 0.717) is 49.6 Å². The van der Waals surface area contributed by atoms with Crippen molar-refractivity contribution >= 4 is 41.1 Å². The van der Waals surface area contributed by atoms with Gasteiger partial charge in [0.25, 0.3) is 0 Å². The standard InChI is InChI=1S/C42H78N2O20S3/c1-4-16-65-17-5-12-58-36-33(51)30(48)25(63-40(36)60-14-9-24-29(47)32(50)35(53)39(57-3)62-24)10-15-61-41-37(34(52)31(49)26(64-41)20-56-2)59-13-6-18-66-19-11-44-28(43)21-67-27-8-7-23(46)38(54)42(27,55)22-45/h23-27,29-41,45-55H,4-22H2,1-3H3,(H2,43,44). The van der Waals surface area contributed by atoms with Gasteiger partial charge < -0.3 is 105 Å². The number of hydrogen-bond acceptors (Lipinski definition) is 24. The first kappa shape index (κ1) is 59.3. The maximum atomic E-state index is 11.3. The van der Waals surface area contributed by atoms with Crippen molar-refractivity contribution in [2.45, 2.75) is 167 Å². The predicted octanol–water partition coefficient (Wildman–Crippen LogP) is -3.08. The van der Waals surface area contributed by atoms with E-state index < -0.39 is 122 Å². The molecule has 13 N–H and O–H groups in total. The zero-order valence-electron chi connectivity index (χ0n) is 38.7. The van der Waals surface area contributed by atoms with Crippen LogP contribution in [0.1, 0.15) is 51.9 Å². The summed E-state index contributed by atoms with van der Waals surface area (Å²) in [6, 6.07) is 0. The molecule has 4 aliphatic rings. The van der Waals surface area contributed by atoms with Crippen LogP contribution in [-0.4, -0.2) is 266 Å². The Labute approximate surface area is 405 Å². The molecule has 4 rings (SSSR count). The van der Waals surface area contributed by atoms with Gasteiger partial charge in [0.05, 0.1) is 50.5 Å². The molecule has 25 heteroatoms. The van der Waals surface area contributed by atoms with E-state index in [4.69, 9.17) is 48.4 Å². The summed E-state index contributed by atoms with van der Waals surface area (Å²) < 4.78 is 52.3. The molecule has 19 unspecified atom stereocenters. The van der Waals surface area contributed by atoms with E-state index in [1.54, 1.807) is 23.5 Å². The Morgan fingerprint density at radius 1 is 0.657 bits per heavy atom. The molecular formula is C42H78N2O20S3. The molecular weight excluding hydrogens is 949 g/mol. The fourth-order valence-corrected chi connectivity index (χ4v) is 11.0. The zero-order valence-corrected chi connectivity index (χ0v) is 41.1. The fraction of sp³-hybridized carbons (Fsp3) is 0.976. The number of ether oxygens (including phenoxy) is 9. The SMILES string of the molecule is CCCSCCCOC1C(OCCC2OC(OC)C(O)C(O)C2O)OC(CCOC2OC(COC)C(O)C(O)C2OCCCSCCN=C(N)CSC2CCC(O)C(O)C2(O)CO)C(O)C1O. The summed E-state index contributed by atoms with van der Waals surface area (Å²) in [5.41, 5.74) is 4.25. The third-order valence-corrected chi connectivity index (χ3v) is 16.0. The molecule has 1 saturated carbocycles. The minimum absolute atomic E-state index is 0.0176. The number of aliphatic hydroxyl groups is 11. The largest absolute Gasteiger partial charge is 0.393 e. The predicted molar refractivity (Wildman–Crippen MR) is 248 cm³/mol. The van der Waals surface area contributed by atoms with Gasteiger partial charge >= 0.3 is 0 Å². The van der Waals surface area contributed by atoms with Crippen molar-refractivity contribution in [2.24, 2.45) is 10.7 Å². The lowest BCUT2D eigenvalue weighted by Crippen LogP contribution is -2.61. The highest BCUT2D eigenvalue weighted by Gasteiger charge is 2.51. The Kier molecular flexibility index (Phi) is 27.1. The Morgan fingerprint density at radius 3 is 1.75 bits per heavy atom. The Bertz CT molecular complexity index is 1390. The first-order valence-electron chi connectivity index (χ1n) is 23.1. The summed E-state index contributed by atoms with van der Waals surface area (Å²) in [5, 5.41) is 116. The molecule has 3 heterocycles. The van der Waals surface area contributed by atoms with Crippen molar-refractivity contribution in [3.63, 3.8) is 0 Å². The van der Waals surface area contributed by atoms with Crippen LogP contribution in [0.15, 0.2) is 4.99 Å². The van der Waals surface area contributed by atoms with Crippen LogP contribution in [0.4, 0.5) is 0 Å². The van der Waals surface area contributed by atoms with E-state index in [0.717, 1.165) is 17.9 Å². The molecule has 67 heavy (non-hydrogen) atoms. The van der Waals surface area contributed by atoms with Gasteiger partial charge in [0.15, 0.2) is 18.9 Å². The van der Waals surface area contributed by atoms with Crippen LogP contribution >= 0.6 is 35.3 Å². The highest BCUT2D eigenvalue weighted by molar-refractivity contribution is 8.00. The number of thioether (sulfide) groups is 3. The van der Waals surface area contributed by atoms with Crippen LogP contribution in [0.3, 0.4) is 0 Å². The van der Waals surface area contributed by atoms with Gasteiger partial charge in [-0.05, 0) is 62.2 Å². The molecule has 0 aromatic heterocycles. The summed E-state index contributed by atoms with van der Waals surface area (Å²) in [5.74, 6) is 3.76. The molecule has 0 radical (unpaired) electrons. The van der Waals surface area contributed by atoms with Gasteiger partial charge in [0, 0.05) is 45.0 Å². The molecule has 0 aromatic rings. The maximum absolute atomic E-state index is 11.3. The number of nitrogens with two attached hydrogens (primary N) is 1. The number of methoxy groups -OCH3 is 2. The van der Waals surface area contributed by atoms with E-state index in [9.17, 15) is 56.2 Å². The Morgan fingerprint density at radius 2 is 1.19 bits per heavy atom. The lowest BCUT2D eigenvalue weighted by atomic mass is 9.80. The van der Waals surface area contributed by atoms with Gasteiger partial charge in [0.2, 0.25) is 0 Å². The molecule has 0 aromatic carbocycles. The first-order chi connectivity index (χ1) is 32.1. The van der Waals surface area contributed by atoms with Crippen LogP contribution in [0.2, 0.25) is 0 Å². The van der Waals surface area contributed by atoms with Crippen molar-refractivity contribution in [3.8, 4) is 0 Å². The fourth-order valence-electron chi connectivity index (χ4n) is 8.20. The van der Waals surface area contributed by atoms with Gasteiger partial charge in [-0.2, -0.15) is 23.5 Å². The normalized spacial score (nSPS) is 39.8. The van der Waals surface area contributed by atoms with Crippen LogP contribution in [0, 0.1) is 0 Å². The second-order valence-corrected chi connectivity index (χ2v) is 20.7. The molecule has 0 spiro atoms. The lowest BCUT2D eigenvalue weighted by molar-refractivity contribution is -0.323. The van der Waals surface area contributed by atoms with E-state index >= 15 is 0 Å². The number of amidine groups is 1. The number of hydrogen-bond donors (Lipinski definition) is 12. The molecule has 4 fully saturated rings. The van der Waals surface area contributed by atoms with Crippen LogP contribution < -0.4 is 5.73 Å². The molecule has 22 nitrogen and oxygen atoms in total. The van der Waals surface area contributed by atoms with Gasteiger partial charge in [-0.1, -0.05) is 6.92 Å². The highest BCUT2D eigenvalue weighted by Crippen LogP contribution is 2.37. The van der Waals surface area contributed by atoms with Gasteiger partial charge in [-0.15, -0.1) is 11.8 Å². The smallest absolute Gasteiger partial charge is 0.186 e. The van der Waals surface area contributed by atoms with Crippen molar-refractivity contribution in [1.82, 2.24) is 0 Å². The lowest BCUT2D eigenvalue weighted by Gasteiger charge is -2.44. The Balaban J connectivity index is 1.27. The van der Waals surface area contributed by atoms with E-state index in [1.807, 2.05) is 0 Å². The molecule has 0 amide bonds. The molecule has 3 aliphatic heterocycles. The first-order valence-corrected chi connectivity index (χ1v) is 26.4. The topological polar surface area (TPSA) is 344 Å². The van der Waals surface area contributed by atoms with Crippen molar-refractivity contribution in [2.75, 3.05) is 89.2 Å². The second-order valence-electron chi connectivity index (χ2n) is 17.1. The minimum atomic E-state index is -1.84. The average molecular weight is 1030 g/mol. The Hall–Kier alpha value is -0.280. The minimum Gasteiger partial charge on any atom is -0.393 e. The third-order valence-electron chi connectivity index (χ3n) is 12.1. The van der Waals surface area contributed by atoms with E-state index in [1.165, 1.54) is 26.0 Å². The highest BCUT2D eigenvalue weighted by atomic mass is 32.2. The summed E-state index contributed by atoms with van der Waals surface area (Å²) in [6.45, 7) is 2.01. The number of aliphatic imine (C=N–C) groups is 1. The summed E-state index contributed by atoms with van der Waals surface area (Å²) in [4.78, 5) is 4.38. The summed E-state index contributed by atoms with van der Waals surface area (Å²) >= 11 is 4.64. The summed E-state index contributed by atoms with van der Waals surface area (Å²) in [7, 11) is 2.72. The van der Waals surface area contributed by atoms with Crippen molar-refractivity contribution in [3.05, 3.63) is 0 Å². The van der Waals surface area contributed by atoms with E-state index in [-0.39, 0.29) is 51.6 Å². The van der Waals surface area contributed by atoms with E-state index in [2.05, 4.69) is 11.9 Å².